The van der Waals surface area contributed by atoms with Crippen LogP contribution in [-0.2, 0) is 18.6 Å². The normalized spacial score (nSPS) is 20.2. The van der Waals surface area contributed by atoms with E-state index in [9.17, 15) is 8.78 Å². The molecule has 2 aromatic rings. The molecule has 1 aliphatic carbocycles. The van der Waals surface area contributed by atoms with E-state index in [0.717, 1.165) is 64.5 Å². The maximum atomic E-state index is 14.5. The summed E-state index contributed by atoms with van der Waals surface area (Å²) < 4.78 is 27.9. The fourth-order valence-electron chi connectivity index (χ4n) is 4.77. The number of nitrogens with zero attached hydrogens (tertiary/aromatic N) is 2. The SMILES string of the molecule is CN1CCN(Cc2cccc(CNC3(c4ccc(F)cc4F)CCCC3)c2)CC1. The van der Waals surface area contributed by atoms with E-state index in [1.807, 2.05) is 0 Å². The minimum Gasteiger partial charge on any atom is -0.304 e. The first-order valence-corrected chi connectivity index (χ1v) is 10.7. The van der Waals surface area contributed by atoms with Gasteiger partial charge in [0.1, 0.15) is 11.6 Å². The molecule has 1 saturated carbocycles. The Labute approximate surface area is 172 Å². The molecule has 3 nitrogen and oxygen atoms in total. The van der Waals surface area contributed by atoms with E-state index in [1.54, 1.807) is 6.07 Å². The van der Waals surface area contributed by atoms with E-state index in [2.05, 4.69) is 46.4 Å². The van der Waals surface area contributed by atoms with Gasteiger partial charge in [0, 0.05) is 56.4 Å². The third kappa shape index (κ3) is 4.85. The molecule has 0 spiro atoms. The number of hydrogen-bond acceptors (Lipinski definition) is 3. The van der Waals surface area contributed by atoms with Gasteiger partial charge in [-0.2, -0.15) is 0 Å². The van der Waals surface area contributed by atoms with Crippen LogP contribution in [-0.4, -0.2) is 43.0 Å². The van der Waals surface area contributed by atoms with Crippen LogP contribution in [0.1, 0.15) is 42.4 Å². The molecule has 0 radical (unpaired) electrons. The predicted octanol–water partition coefficient (Wildman–Crippen LogP) is 4.27. The van der Waals surface area contributed by atoms with Crippen LogP contribution in [0.3, 0.4) is 0 Å². The van der Waals surface area contributed by atoms with Crippen LogP contribution >= 0.6 is 0 Å². The summed E-state index contributed by atoms with van der Waals surface area (Å²) in [6.07, 6.45) is 3.90. The molecule has 0 unspecified atom stereocenters. The molecule has 2 fully saturated rings. The first-order valence-electron chi connectivity index (χ1n) is 10.7. The Morgan fingerprint density at radius 1 is 0.931 bits per heavy atom. The van der Waals surface area contributed by atoms with Gasteiger partial charge in [-0.1, -0.05) is 43.2 Å². The third-order valence-electron chi connectivity index (χ3n) is 6.53. The van der Waals surface area contributed by atoms with Crippen LogP contribution in [0.4, 0.5) is 8.78 Å². The summed E-state index contributed by atoms with van der Waals surface area (Å²) in [7, 11) is 2.17. The number of benzene rings is 2. The monoisotopic (exact) mass is 399 g/mol. The van der Waals surface area contributed by atoms with Crippen molar-refractivity contribution in [3.63, 3.8) is 0 Å². The van der Waals surface area contributed by atoms with Crippen molar-refractivity contribution in [1.82, 2.24) is 15.1 Å². The standard InChI is InChI=1S/C24H31F2N3/c1-28-11-13-29(14-12-28)18-20-6-4-5-19(15-20)17-27-24(9-2-3-10-24)22-8-7-21(25)16-23(22)26/h4-8,15-16,27H,2-3,9-14,17-18H2,1H3. The summed E-state index contributed by atoms with van der Waals surface area (Å²) in [5, 5.41) is 3.64. The molecule has 1 N–H and O–H groups in total. The Morgan fingerprint density at radius 3 is 2.38 bits per heavy atom. The molecule has 0 amide bonds. The molecule has 5 heteroatoms. The van der Waals surface area contributed by atoms with Gasteiger partial charge < -0.3 is 10.2 Å². The van der Waals surface area contributed by atoms with Crippen molar-refractivity contribution in [3.8, 4) is 0 Å². The van der Waals surface area contributed by atoms with E-state index in [4.69, 9.17) is 0 Å². The zero-order valence-corrected chi connectivity index (χ0v) is 17.3. The highest BCUT2D eigenvalue weighted by Crippen LogP contribution is 2.40. The predicted molar refractivity (Wildman–Crippen MR) is 113 cm³/mol. The van der Waals surface area contributed by atoms with Gasteiger partial charge in [0.2, 0.25) is 0 Å². The Hall–Kier alpha value is -1.82. The lowest BCUT2D eigenvalue weighted by Crippen LogP contribution is -2.43. The highest BCUT2D eigenvalue weighted by atomic mass is 19.1. The smallest absolute Gasteiger partial charge is 0.131 e. The second kappa shape index (κ2) is 8.90. The lowest BCUT2D eigenvalue weighted by molar-refractivity contribution is 0.148. The quantitative estimate of drug-likeness (QED) is 0.783. The second-order valence-electron chi connectivity index (χ2n) is 8.67. The highest BCUT2D eigenvalue weighted by Gasteiger charge is 2.37. The average Bonchev–Trinajstić information content (AvgIpc) is 3.18. The van der Waals surface area contributed by atoms with Crippen molar-refractivity contribution in [1.29, 1.82) is 0 Å². The molecule has 29 heavy (non-hydrogen) atoms. The first kappa shape index (κ1) is 20.5. The number of likely N-dealkylation sites (N-methyl/N-ethyl adjacent to an activating group) is 1. The third-order valence-corrected chi connectivity index (χ3v) is 6.53. The molecule has 1 heterocycles. The van der Waals surface area contributed by atoms with E-state index >= 15 is 0 Å². The lowest BCUT2D eigenvalue weighted by Gasteiger charge is -2.33. The molecule has 1 saturated heterocycles. The Kier molecular flexibility index (Phi) is 6.28. The molecule has 0 aromatic heterocycles. The Morgan fingerprint density at radius 2 is 1.66 bits per heavy atom. The van der Waals surface area contributed by atoms with Crippen molar-refractivity contribution in [2.24, 2.45) is 0 Å². The molecule has 2 aliphatic rings. The van der Waals surface area contributed by atoms with Gasteiger partial charge in [0.15, 0.2) is 0 Å². The fraction of sp³-hybridized carbons (Fsp3) is 0.500. The number of rotatable bonds is 6. The second-order valence-corrected chi connectivity index (χ2v) is 8.67. The summed E-state index contributed by atoms with van der Waals surface area (Å²) in [5.74, 6) is -0.959. The van der Waals surface area contributed by atoms with Crippen LogP contribution in [0, 0.1) is 11.6 Å². The zero-order valence-electron chi connectivity index (χ0n) is 17.3. The maximum Gasteiger partial charge on any atom is 0.131 e. The van der Waals surface area contributed by atoms with Gasteiger partial charge >= 0.3 is 0 Å². The minimum atomic E-state index is -0.518. The summed E-state index contributed by atoms with van der Waals surface area (Å²) >= 11 is 0. The lowest BCUT2D eigenvalue weighted by atomic mass is 9.87. The van der Waals surface area contributed by atoms with Gasteiger partial charge in [-0.05, 0) is 37.1 Å². The van der Waals surface area contributed by atoms with Crippen LogP contribution in [0.5, 0.6) is 0 Å². The molecule has 4 rings (SSSR count). The van der Waals surface area contributed by atoms with Gasteiger partial charge in [0.05, 0.1) is 0 Å². The van der Waals surface area contributed by atoms with E-state index in [-0.39, 0.29) is 0 Å². The molecule has 2 aromatic carbocycles. The maximum absolute atomic E-state index is 14.5. The average molecular weight is 400 g/mol. The minimum absolute atomic E-state index is 0.398. The number of piperazine rings is 1. The number of hydrogen-bond donors (Lipinski definition) is 1. The van der Waals surface area contributed by atoms with Crippen molar-refractivity contribution < 1.29 is 8.78 Å². The van der Waals surface area contributed by atoms with Crippen molar-refractivity contribution >= 4 is 0 Å². The molecular formula is C24H31F2N3. The first-order chi connectivity index (χ1) is 14.0. The van der Waals surface area contributed by atoms with E-state index in [0.29, 0.717) is 12.1 Å². The Bertz CT molecular complexity index is 825. The van der Waals surface area contributed by atoms with Gasteiger partial charge in [-0.3, -0.25) is 4.90 Å². The highest BCUT2D eigenvalue weighted by molar-refractivity contribution is 5.29. The fourth-order valence-corrected chi connectivity index (χ4v) is 4.77. The molecule has 156 valence electrons. The van der Waals surface area contributed by atoms with Gasteiger partial charge in [0.25, 0.3) is 0 Å². The summed E-state index contributed by atoms with van der Waals surface area (Å²) in [4.78, 5) is 4.87. The number of nitrogens with one attached hydrogen (secondary N) is 1. The molecular weight excluding hydrogens is 368 g/mol. The van der Waals surface area contributed by atoms with Crippen molar-refractivity contribution in [3.05, 3.63) is 70.8 Å². The van der Waals surface area contributed by atoms with Gasteiger partial charge in [-0.15, -0.1) is 0 Å². The summed E-state index contributed by atoms with van der Waals surface area (Å²) in [6.45, 7) is 6.10. The summed E-state index contributed by atoms with van der Waals surface area (Å²) in [6, 6.07) is 12.7. The van der Waals surface area contributed by atoms with Crippen molar-refractivity contribution in [2.45, 2.75) is 44.3 Å². The summed E-state index contributed by atoms with van der Waals surface area (Å²) in [5.41, 5.74) is 2.74. The van der Waals surface area contributed by atoms with E-state index in [1.165, 1.54) is 17.2 Å². The number of halogens is 2. The molecule has 0 bridgehead atoms. The van der Waals surface area contributed by atoms with Crippen LogP contribution < -0.4 is 5.32 Å². The van der Waals surface area contributed by atoms with Crippen LogP contribution in [0.15, 0.2) is 42.5 Å². The molecule has 0 atom stereocenters. The van der Waals surface area contributed by atoms with Gasteiger partial charge in [-0.25, -0.2) is 8.78 Å². The van der Waals surface area contributed by atoms with Crippen molar-refractivity contribution in [2.75, 3.05) is 33.2 Å². The largest absolute Gasteiger partial charge is 0.304 e. The van der Waals surface area contributed by atoms with Crippen LogP contribution in [0.25, 0.3) is 0 Å². The zero-order chi connectivity index (χ0) is 20.3. The van der Waals surface area contributed by atoms with E-state index < -0.39 is 17.2 Å². The van der Waals surface area contributed by atoms with Crippen LogP contribution in [0.2, 0.25) is 0 Å². The Balaban J connectivity index is 1.44. The molecule has 1 aliphatic heterocycles. The topological polar surface area (TPSA) is 18.5 Å².